The van der Waals surface area contributed by atoms with Gasteiger partial charge in [0.25, 0.3) is 0 Å². The molecule has 0 saturated carbocycles. The van der Waals surface area contributed by atoms with Crippen molar-refractivity contribution in [1.29, 1.82) is 0 Å². The van der Waals surface area contributed by atoms with Crippen molar-refractivity contribution in [2.45, 2.75) is 32.4 Å². The Morgan fingerprint density at radius 2 is 2.11 bits per heavy atom. The predicted octanol–water partition coefficient (Wildman–Crippen LogP) is 1.42. The van der Waals surface area contributed by atoms with Gasteiger partial charge in [0, 0.05) is 24.8 Å². The van der Waals surface area contributed by atoms with Gasteiger partial charge in [0.2, 0.25) is 5.91 Å². The van der Waals surface area contributed by atoms with Crippen LogP contribution in [0.4, 0.5) is 5.69 Å². The summed E-state index contributed by atoms with van der Waals surface area (Å²) in [5.41, 5.74) is 8.06. The van der Waals surface area contributed by atoms with Gasteiger partial charge in [-0.15, -0.1) is 0 Å². The molecule has 0 bridgehead atoms. The molecule has 0 spiro atoms. The quantitative estimate of drug-likeness (QED) is 0.849. The maximum atomic E-state index is 11.8. The van der Waals surface area contributed by atoms with Crippen LogP contribution in [0.1, 0.15) is 31.9 Å². The van der Waals surface area contributed by atoms with Crippen LogP contribution in [0.25, 0.3) is 0 Å². The van der Waals surface area contributed by atoms with Gasteiger partial charge < -0.3 is 16.0 Å². The van der Waals surface area contributed by atoms with Gasteiger partial charge in [-0.1, -0.05) is 19.1 Å². The van der Waals surface area contributed by atoms with Crippen LogP contribution < -0.4 is 16.0 Å². The van der Waals surface area contributed by atoms with Crippen LogP contribution in [0.15, 0.2) is 24.3 Å². The van der Waals surface area contributed by atoms with E-state index >= 15 is 0 Å². The number of rotatable bonds is 3. The van der Waals surface area contributed by atoms with Crippen molar-refractivity contribution < 1.29 is 4.79 Å². The molecule has 2 rings (SSSR count). The summed E-state index contributed by atoms with van der Waals surface area (Å²) in [7, 11) is 0. The maximum absolute atomic E-state index is 11.8. The molecule has 1 aliphatic rings. The van der Waals surface area contributed by atoms with Gasteiger partial charge in [-0.25, -0.2) is 0 Å². The molecule has 0 radical (unpaired) electrons. The highest BCUT2D eigenvalue weighted by Crippen LogP contribution is 2.22. The first kappa shape index (κ1) is 12.9. The maximum Gasteiger partial charge on any atom is 0.242 e. The van der Waals surface area contributed by atoms with Crippen LogP contribution in [-0.2, 0) is 4.79 Å². The van der Waals surface area contributed by atoms with Gasteiger partial charge in [-0.3, -0.25) is 4.79 Å². The Morgan fingerprint density at radius 3 is 2.67 bits per heavy atom. The van der Waals surface area contributed by atoms with E-state index in [1.54, 1.807) is 0 Å². The van der Waals surface area contributed by atoms with Gasteiger partial charge in [-0.05, 0) is 31.0 Å². The third-order valence-electron chi connectivity index (χ3n) is 3.47. The normalized spacial score (nSPS) is 21.6. The zero-order valence-electron chi connectivity index (χ0n) is 11.0. The molecule has 1 saturated heterocycles. The SMILES string of the molecule is CCC1C(=O)NCCN1c1ccc([C@@H](C)N)cc1. The lowest BCUT2D eigenvalue weighted by molar-refractivity contribution is -0.123. The Morgan fingerprint density at radius 1 is 1.44 bits per heavy atom. The molecule has 4 nitrogen and oxygen atoms in total. The summed E-state index contributed by atoms with van der Waals surface area (Å²) in [5.74, 6) is 0.125. The van der Waals surface area contributed by atoms with E-state index in [2.05, 4.69) is 22.3 Å². The molecule has 2 atom stereocenters. The van der Waals surface area contributed by atoms with Crippen molar-refractivity contribution >= 4 is 11.6 Å². The van der Waals surface area contributed by atoms with E-state index in [0.717, 1.165) is 24.2 Å². The van der Waals surface area contributed by atoms with E-state index in [9.17, 15) is 4.79 Å². The Hall–Kier alpha value is -1.55. The Labute approximate surface area is 108 Å². The number of anilines is 1. The standard InChI is InChI=1S/C14H21N3O/c1-3-13-14(18)16-8-9-17(13)12-6-4-11(5-7-12)10(2)15/h4-7,10,13H,3,8-9,15H2,1-2H3,(H,16,18)/t10-,13?/m1/s1. The third kappa shape index (κ3) is 2.48. The fourth-order valence-electron chi connectivity index (χ4n) is 2.40. The van der Waals surface area contributed by atoms with E-state index in [-0.39, 0.29) is 18.0 Å². The van der Waals surface area contributed by atoms with Gasteiger partial charge in [0.1, 0.15) is 6.04 Å². The highest BCUT2D eigenvalue weighted by molar-refractivity contribution is 5.86. The van der Waals surface area contributed by atoms with Crippen LogP contribution >= 0.6 is 0 Å². The molecule has 1 fully saturated rings. The van der Waals surface area contributed by atoms with Crippen molar-refractivity contribution in [3.63, 3.8) is 0 Å². The minimum Gasteiger partial charge on any atom is -0.358 e. The summed E-state index contributed by atoms with van der Waals surface area (Å²) in [6.07, 6.45) is 0.820. The van der Waals surface area contributed by atoms with E-state index in [1.165, 1.54) is 0 Å². The number of hydrogen-bond acceptors (Lipinski definition) is 3. The lowest BCUT2D eigenvalue weighted by Crippen LogP contribution is -2.55. The summed E-state index contributed by atoms with van der Waals surface area (Å²) in [6.45, 7) is 5.59. The Bertz CT molecular complexity index is 414. The van der Waals surface area contributed by atoms with Gasteiger partial charge >= 0.3 is 0 Å². The molecule has 4 heteroatoms. The predicted molar refractivity (Wildman–Crippen MR) is 73.5 cm³/mol. The molecule has 1 aromatic carbocycles. The molecular weight excluding hydrogens is 226 g/mol. The number of nitrogens with two attached hydrogens (primary N) is 1. The highest BCUT2D eigenvalue weighted by Gasteiger charge is 2.27. The molecule has 1 heterocycles. The molecule has 0 aliphatic carbocycles. The van der Waals surface area contributed by atoms with E-state index in [1.807, 2.05) is 26.0 Å². The van der Waals surface area contributed by atoms with Crippen molar-refractivity contribution in [3.8, 4) is 0 Å². The topological polar surface area (TPSA) is 58.4 Å². The number of piperazine rings is 1. The fourth-order valence-corrected chi connectivity index (χ4v) is 2.40. The second-order valence-electron chi connectivity index (χ2n) is 4.79. The molecule has 1 aliphatic heterocycles. The van der Waals surface area contributed by atoms with Crippen LogP contribution in [0.5, 0.6) is 0 Å². The second-order valence-corrected chi connectivity index (χ2v) is 4.79. The summed E-state index contributed by atoms with van der Waals surface area (Å²) in [5, 5.41) is 2.91. The van der Waals surface area contributed by atoms with Crippen molar-refractivity contribution in [3.05, 3.63) is 29.8 Å². The monoisotopic (exact) mass is 247 g/mol. The number of nitrogens with one attached hydrogen (secondary N) is 1. The zero-order valence-corrected chi connectivity index (χ0v) is 11.0. The number of amides is 1. The van der Waals surface area contributed by atoms with E-state index < -0.39 is 0 Å². The smallest absolute Gasteiger partial charge is 0.242 e. The number of nitrogens with zero attached hydrogens (tertiary/aromatic N) is 1. The molecule has 1 unspecified atom stereocenters. The number of hydrogen-bond donors (Lipinski definition) is 2. The first-order valence-electron chi connectivity index (χ1n) is 6.53. The average Bonchev–Trinajstić information content (AvgIpc) is 2.38. The van der Waals surface area contributed by atoms with E-state index in [0.29, 0.717) is 6.54 Å². The van der Waals surface area contributed by atoms with E-state index in [4.69, 9.17) is 5.73 Å². The van der Waals surface area contributed by atoms with Crippen LogP contribution in [0.3, 0.4) is 0 Å². The van der Waals surface area contributed by atoms with Crippen LogP contribution in [0, 0.1) is 0 Å². The van der Waals surface area contributed by atoms with Crippen molar-refractivity contribution in [1.82, 2.24) is 5.32 Å². The zero-order chi connectivity index (χ0) is 13.1. The minimum absolute atomic E-state index is 0.0469. The van der Waals surface area contributed by atoms with Gasteiger partial charge in [-0.2, -0.15) is 0 Å². The van der Waals surface area contributed by atoms with Crippen molar-refractivity contribution in [2.75, 3.05) is 18.0 Å². The lowest BCUT2D eigenvalue weighted by Gasteiger charge is -2.36. The third-order valence-corrected chi connectivity index (χ3v) is 3.47. The molecule has 18 heavy (non-hydrogen) atoms. The van der Waals surface area contributed by atoms with Crippen LogP contribution in [0.2, 0.25) is 0 Å². The second kappa shape index (κ2) is 5.40. The molecule has 0 aromatic heterocycles. The van der Waals surface area contributed by atoms with Crippen molar-refractivity contribution in [2.24, 2.45) is 5.73 Å². The first-order valence-corrected chi connectivity index (χ1v) is 6.53. The summed E-state index contributed by atoms with van der Waals surface area (Å²) < 4.78 is 0. The van der Waals surface area contributed by atoms with Gasteiger partial charge in [0.15, 0.2) is 0 Å². The van der Waals surface area contributed by atoms with Crippen LogP contribution in [-0.4, -0.2) is 25.0 Å². The summed E-state index contributed by atoms with van der Waals surface area (Å²) in [4.78, 5) is 14.0. The molecule has 98 valence electrons. The number of carbonyl (C=O) groups excluding carboxylic acids is 1. The Balaban J connectivity index is 2.21. The lowest BCUT2D eigenvalue weighted by atomic mass is 10.1. The van der Waals surface area contributed by atoms with Gasteiger partial charge in [0.05, 0.1) is 0 Å². The molecule has 1 aromatic rings. The largest absolute Gasteiger partial charge is 0.358 e. The summed E-state index contributed by atoms with van der Waals surface area (Å²) in [6, 6.07) is 8.18. The number of benzene rings is 1. The fraction of sp³-hybridized carbons (Fsp3) is 0.500. The molecule has 1 amide bonds. The highest BCUT2D eigenvalue weighted by atomic mass is 16.2. The molecular formula is C14H21N3O. The Kier molecular flexibility index (Phi) is 3.87. The molecule has 3 N–H and O–H groups in total. The minimum atomic E-state index is -0.0556. The summed E-state index contributed by atoms with van der Waals surface area (Å²) >= 11 is 0. The first-order chi connectivity index (χ1) is 8.63. The number of carbonyl (C=O) groups is 1. The average molecular weight is 247 g/mol.